The predicted molar refractivity (Wildman–Crippen MR) is 102 cm³/mol. The third-order valence-electron chi connectivity index (χ3n) is 3.81. The first-order valence-corrected chi connectivity index (χ1v) is 10.1. The van der Waals surface area contributed by atoms with Crippen LogP contribution in [-0.2, 0) is 18.1 Å². The first-order valence-electron chi connectivity index (χ1n) is 8.15. The summed E-state index contributed by atoms with van der Waals surface area (Å²) in [6.45, 7) is 4.97. The molecule has 0 N–H and O–H groups in total. The van der Waals surface area contributed by atoms with Crippen molar-refractivity contribution in [2.45, 2.75) is 41.9 Å². The summed E-state index contributed by atoms with van der Waals surface area (Å²) in [5, 5.41) is 9.47. The lowest BCUT2D eigenvalue weighted by molar-refractivity contribution is 0.617. The van der Waals surface area contributed by atoms with E-state index in [1.165, 1.54) is 28.3 Å². The Balaban J connectivity index is 1.66. The van der Waals surface area contributed by atoms with Gasteiger partial charge in [0.05, 0.1) is 5.75 Å². The highest BCUT2D eigenvalue weighted by molar-refractivity contribution is 7.98. The van der Waals surface area contributed by atoms with Gasteiger partial charge >= 0.3 is 0 Å². The highest BCUT2D eigenvalue weighted by Crippen LogP contribution is 2.27. The van der Waals surface area contributed by atoms with Crippen molar-refractivity contribution < 1.29 is 4.39 Å². The molecular formula is C19H20FN3S2. The maximum Gasteiger partial charge on any atom is 0.191 e. The first-order chi connectivity index (χ1) is 12.2. The fraction of sp³-hybridized carbons (Fsp3) is 0.263. The van der Waals surface area contributed by atoms with Gasteiger partial charge in [-0.3, -0.25) is 0 Å². The molecule has 6 heteroatoms. The second-order valence-corrected chi connectivity index (χ2v) is 7.62. The molecule has 0 radical (unpaired) electrons. The van der Waals surface area contributed by atoms with Crippen molar-refractivity contribution in [3.05, 3.63) is 71.3 Å². The van der Waals surface area contributed by atoms with Gasteiger partial charge in [0, 0.05) is 17.2 Å². The highest BCUT2D eigenvalue weighted by Gasteiger charge is 2.12. The van der Waals surface area contributed by atoms with Crippen LogP contribution in [0.15, 0.2) is 58.6 Å². The molecule has 0 bridgehead atoms. The normalized spacial score (nSPS) is 11.0. The molecule has 25 heavy (non-hydrogen) atoms. The molecule has 3 nitrogen and oxygen atoms in total. The number of rotatable bonds is 7. The van der Waals surface area contributed by atoms with Crippen molar-refractivity contribution >= 4 is 23.5 Å². The molecule has 0 saturated heterocycles. The van der Waals surface area contributed by atoms with Crippen LogP contribution in [0.4, 0.5) is 4.39 Å². The molecule has 0 saturated carbocycles. The monoisotopic (exact) mass is 373 g/mol. The number of aryl methyl sites for hydroxylation is 1. The minimum Gasteiger partial charge on any atom is -0.306 e. The van der Waals surface area contributed by atoms with Gasteiger partial charge in [-0.2, -0.15) is 0 Å². The van der Waals surface area contributed by atoms with Crippen molar-refractivity contribution in [1.82, 2.24) is 14.8 Å². The molecule has 2 aromatic carbocycles. The number of halogens is 1. The molecule has 0 aliphatic heterocycles. The Labute approximate surface area is 156 Å². The number of thioether (sulfide) groups is 2. The molecule has 3 rings (SSSR count). The van der Waals surface area contributed by atoms with Gasteiger partial charge in [-0.15, -0.1) is 22.0 Å². The van der Waals surface area contributed by atoms with Crippen molar-refractivity contribution in [2.24, 2.45) is 0 Å². The summed E-state index contributed by atoms with van der Waals surface area (Å²) >= 11 is 3.27. The van der Waals surface area contributed by atoms with E-state index in [0.717, 1.165) is 23.3 Å². The number of benzene rings is 2. The Morgan fingerprint density at radius 1 is 0.960 bits per heavy atom. The zero-order valence-electron chi connectivity index (χ0n) is 14.3. The second-order valence-electron chi connectivity index (χ2n) is 5.62. The molecule has 0 unspecified atom stereocenters. The Kier molecular flexibility index (Phi) is 6.15. The van der Waals surface area contributed by atoms with Crippen LogP contribution in [0, 0.1) is 12.7 Å². The van der Waals surface area contributed by atoms with Crippen LogP contribution in [0.3, 0.4) is 0 Å². The highest BCUT2D eigenvalue weighted by atomic mass is 32.2. The average Bonchev–Trinajstić information content (AvgIpc) is 3.02. The lowest BCUT2D eigenvalue weighted by Crippen LogP contribution is -2.02. The summed E-state index contributed by atoms with van der Waals surface area (Å²) in [7, 11) is 0. The summed E-state index contributed by atoms with van der Waals surface area (Å²) < 4.78 is 15.9. The average molecular weight is 374 g/mol. The van der Waals surface area contributed by atoms with E-state index in [0.29, 0.717) is 11.3 Å². The Morgan fingerprint density at radius 2 is 1.72 bits per heavy atom. The molecule has 0 amide bonds. The van der Waals surface area contributed by atoms with Crippen molar-refractivity contribution in [2.75, 3.05) is 0 Å². The van der Waals surface area contributed by atoms with Crippen LogP contribution in [0.1, 0.15) is 23.9 Å². The van der Waals surface area contributed by atoms with Gasteiger partial charge < -0.3 is 4.57 Å². The van der Waals surface area contributed by atoms with Crippen LogP contribution >= 0.6 is 23.5 Å². The molecule has 130 valence electrons. The van der Waals surface area contributed by atoms with E-state index in [1.807, 2.05) is 12.1 Å². The van der Waals surface area contributed by atoms with Crippen LogP contribution < -0.4 is 0 Å². The van der Waals surface area contributed by atoms with Crippen LogP contribution in [0.25, 0.3) is 0 Å². The van der Waals surface area contributed by atoms with E-state index in [2.05, 4.69) is 52.9 Å². The molecule has 0 fully saturated rings. The lowest BCUT2D eigenvalue weighted by atomic mass is 10.2. The third-order valence-corrected chi connectivity index (χ3v) is 5.84. The van der Waals surface area contributed by atoms with Gasteiger partial charge in [0.15, 0.2) is 5.16 Å². The molecular weight excluding hydrogens is 353 g/mol. The maximum atomic E-state index is 13.8. The molecule has 0 atom stereocenters. The van der Waals surface area contributed by atoms with Gasteiger partial charge in [-0.05, 0) is 37.6 Å². The van der Waals surface area contributed by atoms with E-state index in [9.17, 15) is 4.39 Å². The third kappa shape index (κ3) is 4.64. The minimum atomic E-state index is -0.173. The van der Waals surface area contributed by atoms with Crippen LogP contribution in [-0.4, -0.2) is 14.8 Å². The van der Waals surface area contributed by atoms with E-state index in [4.69, 9.17) is 0 Å². The molecule has 0 aliphatic rings. The summed E-state index contributed by atoms with van der Waals surface area (Å²) in [6.07, 6.45) is 0. The zero-order chi connectivity index (χ0) is 17.6. The fourth-order valence-electron chi connectivity index (χ4n) is 2.39. The number of nitrogens with zero attached hydrogens (tertiary/aromatic N) is 3. The van der Waals surface area contributed by atoms with Gasteiger partial charge in [0.1, 0.15) is 11.6 Å². The summed E-state index contributed by atoms with van der Waals surface area (Å²) in [6, 6.07) is 15.3. The molecule has 0 aliphatic carbocycles. The second kappa shape index (κ2) is 8.54. The van der Waals surface area contributed by atoms with E-state index in [-0.39, 0.29) is 5.82 Å². The topological polar surface area (TPSA) is 30.7 Å². The minimum absolute atomic E-state index is 0.173. The van der Waals surface area contributed by atoms with Crippen LogP contribution in [0.5, 0.6) is 0 Å². The summed E-state index contributed by atoms with van der Waals surface area (Å²) in [5.74, 6) is 2.09. The van der Waals surface area contributed by atoms with Gasteiger partial charge in [0.2, 0.25) is 0 Å². The Hall–Kier alpha value is -1.79. The number of aromatic nitrogens is 3. The van der Waals surface area contributed by atoms with Gasteiger partial charge in [-0.1, -0.05) is 47.7 Å². The van der Waals surface area contributed by atoms with E-state index in [1.54, 1.807) is 17.8 Å². The van der Waals surface area contributed by atoms with Crippen molar-refractivity contribution in [3.8, 4) is 0 Å². The molecule has 3 aromatic rings. The lowest BCUT2D eigenvalue weighted by Gasteiger charge is -2.08. The fourth-order valence-corrected chi connectivity index (χ4v) is 4.24. The number of hydrogen-bond donors (Lipinski definition) is 0. The zero-order valence-corrected chi connectivity index (χ0v) is 15.9. The number of hydrogen-bond acceptors (Lipinski definition) is 4. The van der Waals surface area contributed by atoms with E-state index >= 15 is 0 Å². The molecule has 0 spiro atoms. The van der Waals surface area contributed by atoms with Gasteiger partial charge in [0.25, 0.3) is 0 Å². The summed E-state index contributed by atoms with van der Waals surface area (Å²) in [4.78, 5) is 1.22. The van der Waals surface area contributed by atoms with Gasteiger partial charge in [-0.25, -0.2) is 4.39 Å². The Morgan fingerprint density at radius 3 is 2.44 bits per heavy atom. The molecule has 1 aromatic heterocycles. The standard InChI is InChI=1S/C19H20FN3S2/c1-3-23-18(13-24-16-10-8-14(2)9-11-16)21-22-19(23)25-12-15-6-4-5-7-17(15)20/h4-11H,3,12-13H2,1-2H3. The van der Waals surface area contributed by atoms with Crippen molar-refractivity contribution in [3.63, 3.8) is 0 Å². The van der Waals surface area contributed by atoms with E-state index < -0.39 is 0 Å². The summed E-state index contributed by atoms with van der Waals surface area (Å²) in [5.41, 5.74) is 1.95. The Bertz CT molecular complexity index is 831. The predicted octanol–water partition coefficient (Wildman–Crippen LogP) is 5.33. The SMILES string of the molecule is CCn1c(CSc2ccc(C)cc2)nnc1SCc1ccccc1F. The van der Waals surface area contributed by atoms with Crippen molar-refractivity contribution in [1.29, 1.82) is 0 Å². The quantitative estimate of drug-likeness (QED) is 0.524. The maximum absolute atomic E-state index is 13.8. The largest absolute Gasteiger partial charge is 0.306 e. The first kappa shape index (κ1) is 18.0. The van der Waals surface area contributed by atoms with Crippen LogP contribution in [0.2, 0.25) is 0 Å². The smallest absolute Gasteiger partial charge is 0.191 e. The molecule has 1 heterocycles.